The van der Waals surface area contributed by atoms with Crippen molar-refractivity contribution in [1.29, 1.82) is 0 Å². The first-order valence-corrected chi connectivity index (χ1v) is 8.28. The second-order valence-electron chi connectivity index (χ2n) is 5.91. The minimum Gasteiger partial charge on any atom is -0.295 e. The highest BCUT2D eigenvalue weighted by Gasteiger charge is 2.21. The Balaban J connectivity index is 1.99. The van der Waals surface area contributed by atoms with Crippen LogP contribution in [0, 0.1) is 5.92 Å². The van der Waals surface area contributed by atoms with Gasteiger partial charge in [-0.25, -0.2) is 4.98 Å². The highest BCUT2D eigenvalue weighted by Crippen LogP contribution is 2.33. The molecule has 1 fully saturated rings. The molecule has 1 aromatic heterocycles. The zero-order valence-electron chi connectivity index (χ0n) is 12.4. The molecule has 4 heteroatoms. The number of benzene rings is 1. The van der Waals surface area contributed by atoms with Gasteiger partial charge in [-0.05, 0) is 37.3 Å². The van der Waals surface area contributed by atoms with Crippen LogP contribution in [0.2, 0.25) is 0 Å². The van der Waals surface area contributed by atoms with E-state index >= 15 is 0 Å². The molecule has 21 heavy (non-hydrogen) atoms. The molecule has 0 bridgehead atoms. The van der Waals surface area contributed by atoms with Gasteiger partial charge in [0.05, 0.1) is 16.3 Å². The number of para-hydroxylation sites is 1. The van der Waals surface area contributed by atoms with Crippen LogP contribution in [-0.4, -0.2) is 9.55 Å². The second kappa shape index (κ2) is 6.18. The predicted octanol–water partition coefficient (Wildman–Crippen LogP) is 4.28. The van der Waals surface area contributed by atoms with Gasteiger partial charge >= 0.3 is 0 Å². The first-order valence-electron chi connectivity index (χ1n) is 7.84. The van der Waals surface area contributed by atoms with E-state index in [2.05, 4.69) is 4.98 Å². The normalized spacial score (nSPS) is 16.3. The van der Waals surface area contributed by atoms with E-state index in [0.29, 0.717) is 5.39 Å². The molecule has 112 valence electrons. The first kappa shape index (κ1) is 14.6. The molecule has 1 unspecified atom stereocenters. The van der Waals surface area contributed by atoms with Crippen molar-refractivity contribution in [2.24, 2.45) is 5.92 Å². The Bertz CT molecular complexity index is 691. The summed E-state index contributed by atoms with van der Waals surface area (Å²) in [6, 6.07) is 7.53. The smallest absolute Gasteiger partial charge is 0.261 e. The van der Waals surface area contributed by atoms with Crippen LogP contribution in [0.15, 0.2) is 29.1 Å². The van der Waals surface area contributed by atoms with Crippen molar-refractivity contribution in [3.05, 3.63) is 40.4 Å². The lowest BCUT2D eigenvalue weighted by molar-refractivity contribution is 0.536. The number of hydrogen-bond donors (Lipinski definition) is 0. The molecule has 3 rings (SSSR count). The summed E-state index contributed by atoms with van der Waals surface area (Å²) in [5, 5.41) is 0.482. The fourth-order valence-electron chi connectivity index (χ4n) is 2.77. The van der Waals surface area contributed by atoms with Gasteiger partial charge in [0, 0.05) is 6.54 Å². The van der Waals surface area contributed by atoms with Crippen molar-refractivity contribution in [3.63, 3.8) is 0 Å². The molecule has 1 atom stereocenters. The lowest BCUT2D eigenvalue weighted by atomic mass is 10.2. The van der Waals surface area contributed by atoms with E-state index in [0.717, 1.165) is 36.6 Å². The van der Waals surface area contributed by atoms with E-state index < -0.39 is 0 Å². The molecule has 0 aliphatic heterocycles. The Kier molecular flexibility index (Phi) is 4.29. The maximum atomic E-state index is 12.7. The van der Waals surface area contributed by atoms with Crippen LogP contribution in [0.25, 0.3) is 10.9 Å². The van der Waals surface area contributed by atoms with Gasteiger partial charge in [0.15, 0.2) is 0 Å². The number of rotatable bonds is 6. The average molecular weight is 305 g/mol. The Morgan fingerprint density at radius 2 is 2.14 bits per heavy atom. The van der Waals surface area contributed by atoms with Crippen molar-refractivity contribution in [1.82, 2.24) is 9.55 Å². The van der Waals surface area contributed by atoms with Gasteiger partial charge < -0.3 is 0 Å². The SMILES string of the molecule is CCC(Cl)c1nc2ccccc2c(=O)n1CCCC1CC1. The Labute approximate surface area is 130 Å². The third kappa shape index (κ3) is 3.13. The summed E-state index contributed by atoms with van der Waals surface area (Å²) in [4.78, 5) is 17.4. The van der Waals surface area contributed by atoms with Crippen LogP contribution in [0.5, 0.6) is 0 Å². The van der Waals surface area contributed by atoms with Crippen LogP contribution in [0.1, 0.15) is 50.2 Å². The predicted molar refractivity (Wildman–Crippen MR) is 86.8 cm³/mol. The quantitative estimate of drug-likeness (QED) is 0.747. The Hall–Kier alpha value is -1.35. The fourth-order valence-corrected chi connectivity index (χ4v) is 2.93. The zero-order chi connectivity index (χ0) is 14.8. The highest BCUT2D eigenvalue weighted by molar-refractivity contribution is 6.20. The lowest BCUT2D eigenvalue weighted by Gasteiger charge is -2.16. The number of alkyl halides is 1. The Morgan fingerprint density at radius 1 is 1.38 bits per heavy atom. The van der Waals surface area contributed by atoms with Gasteiger partial charge in [-0.3, -0.25) is 9.36 Å². The number of fused-ring (bicyclic) bond motifs is 1. The largest absolute Gasteiger partial charge is 0.295 e. The maximum Gasteiger partial charge on any atom is 0.261 e. The molecule has 1 aliphatic rings. The van der Waals surface area contributed by atoms with Crippen LogP contribution < -0.4 is 5.56 Å². The molecule has 0 spiro atoms. The van der Waals surface area contributed by atoms with Gasteiger partial charge in [-0.2, -0.15) is 0 Å². The lowest BCUT2D eigenvalue weighted by Crippen LogP contribution is -2.26. The second-order valence-corrected chi connectivity index (χ2v) is 6.43. The number of aromatic nitrogens is 2. The van der Waals surface area contributed by atoms with Gasteiger partial charge in [0.25, 0.3) is 5.56 Å². The monoisotopic (exact) mass is 304 g/mol. The summed E-state index contributed by atoms with van der Waals surface area (Å²) >= 11 is 6.40. The van der Waals surface area contributed by atoms with E-state index in [1.165, 1.54) is 19.3 Å². The van der Waals surface area contributed by atoms with E-state index in [-0.39, 0.29) is 10.9 Å². The van der Waals surface area contributed by atoms with Crippen LogP contribution in [-0.2, 0) is 6.54 Å². The first-order chi connectivity index (χ1) is 10.2. The Morgan fingerprint density at radius 3 is 2.86 bits per heavy atom. The van der Waals surface area contributed by atoms with Crippen molar-refractivity contribution in [3.8, 4) is 0 Å². The van der Waals surface area contributed by atoms with E-state index in [9.17, 15) is 4.79 Å². The van der Waals surface area contributed by atoms with Crippen molar-refractivity contribution in [2.75, 3.05) is 0 Å². The summed E-state index contributed by atoms with van der Waals surface area (Å²) in [6.45, 7) is 2.75. The standard InChI is InChI=1S/C17H21ClN2O/c1-2-14(18)16-19-15-8-4-3-7-13(15)17(21)20(16)11-5-6-12-9-10-12/h3-4,7-8,12,14H,2,5-6,9-11H2,1H3. The molecule has 1 saturated carbocycles. The van der Waals surface area contributed by atoms with Crippen molar-refractivity contribution in [2.45, 2.75) is 50.9 Å². The molecular weight excluding hydrogens is 284 g/mol. The highest BCUT2D eigenvalue weighted by atomic mass is 35.5. The molecule has 1 aromatic carbocycles. The molecule has 0 radical (unpaired) electrons. The van der Waals surface area contributed by atoms with Gasteiger partial charge in [-0.1, -0.05) is 31.9 Å². The van der Waals surface area contributed by atoms with Crippen molar-refractivity contribution < 1.29 is 0 Å². The van der Waals surface area contributed by atoms with Gasteiger partial charge in [0.2, 0.25) is 0 Å². The summed E-state index contributed by atoms with van der Waals surface area (Å²) in [5.74, 6) is 1.61. The van der Waals surface area contributed by atoms with E-state index in [4.69, 9.17) is 11.6 Å². The summed E-state index contributed by atoms with van der Waals surface area (Å²) in [6.07, 6.45) is 5.72. The van der Waals surface area contributed by atoms with Crippen LogP contribution in [0.3, 0.4) is 0 Å². The molecule has 1 aliphatic carbocycles. The average Bonchev–Trinajstić information content (AvgIpc) is 3.33. The van der Waals surface area contributed by atoms with E-state index in [1.54, 1.807) is 4.57 Å². The molecular formula is C17H21ClN2O. The minimum atomic E-state index is -0.205. The van der Waals surface area contributed by atoms with Gasteiger partial charge in [-0.15, -0.1) is 11.6 Å². The summed E-state index contributed by atoms with van der Waals surface area (Å²) < 4.78 is 1.80. The molecule has 0 N–H and O–H groups in total. The summed E-state index contributed by atoms with van der Waals surface area (Å²) in [5.41, 5.74) is 0.792. The van der Waals surface area contributed by atoms with E-state index in [1.807, 2.05) is 31.2 Å². The van der Waals surface area contributed by atoms with Crippen molar-refractivity contribution >= 4 is 22.5 Å². The van der Waals surface area contributed by atoms with Gasteiger partial charge in [0.1, 0.15) is 5.82 Å². The van der Waals surface area contributed by atoms with Crippen LogP contribution >= 0.6 is 11.6 Å². The minimum absolute atomic E-state index is 0.0468. The molecule has 2 aromatic rings. The maximum absolute atomic E-state index is 12.7. The molecule has 3 nitrogen and oxygen atoms in total. The summed E-state index contributed by atoms with van der Waals surface area (Å²) in [7, 11) is 0. The van der Waals surface area contributed by atoms with Crippen LogP contribution in [0.4, 0.5) is 0 Å². The zero-order valence-corrected chi connectivity index (χ0v) is 13.1. The topological polar surface area (TPSA) is 34.9 Å². The number of nitrogens with zero attached hydrogens (tertiary/aromatic N) is 2. The molecule has 0 amide bonds. The number of hydrogen-bond acceptors (Lipinski definition) is 2. The molecule has 1 heterocycles. The fraction of sp³-hybridized carbons (Fsp3) is 0.529. The third-order valence-corrected chi connectivity index (χ3v) is 4.72. The third-order valence-electron chi connectivity index (χ3n) is 4.22. The number of halogens is 1. The molecule has 0 saturated heterocycles.